The van der Waals surface area contributed by atoms with E-state index in [-0.39, 0.29) is 18.6 Å². The minimum atomic E-state index is -0.414. The lowest BCUT2D eigenvalue weighted by Crippen LogP contribution is -2.09. The highest BCUT2D eigenvalue weighted by Gasteiger charge is 2.12. The normalized spacial score (nSPS) is 10.3. The number of hydrogen-bond donors (Lipinski definition) is 0. The van der Waals surface area contributed by atoms with E-state index in [2.05, 4.69) is 0 Å². The van der Waals surface area contributed by atoms with Crippen LogP contribution in [0.25, 0.3) is 0 Å². The summed E-state index contributed by atoms with van der Waals surface area (Å²) in [5.41, 5.74) is 1.11. The third kappa shape index (κ3) is 3.58. The fraction of sp³-hybridized carbons (Fsp3) is 0.188. The molecule has 0 spiro atoms. The number of Topliss-reactive ketones (excluding diaryl/α,β-unsaturated/α-hetero) is 1. The number of benzene rings is 2. The Morgan fingerprint density at radius 3 is 2.60 bits per heavy atom. The van der Waals surface area contributed by atoms with Gasteiger partial charge in [-0.15, -0.1) is 0 Å². The molecule has 2 rings (SSSR count). The van der Waals surface area contributed by atoms with Crippen molar-refractivity contribution in [1.82, 2.24) is 0 Å². The third-order valence-electron chi connectivity index (χ3n) is 2.98. The van der Waals surface area contributed by atoms with Crippen LogP contribution in [0.15, 0.2) is 42.5 Å². The maximum absolute atomic E-state index is 13.6. The molecule has 2 aromatic carbocycles. The van der Waals surface area contributed by atoms with Gasteiger partial charge in [-0.1, -0.05) is 29.8 Å². The maximum Gasteiger partial charge on any atom is 0.141 e. The summed E-state index contributed by atoms with van der Waals surface area (Å²) >= 11 is 5.81. The van der Waals surface area contributed by atoms with E-state index < -0.39 is 5.82 Å². The number of ether oxygens (including phenoxy) is 1. The Morgan fingerprint density at radius 1 is 1.15 bits per heavy atom. The van der Waals surface area contributed by atoms with Gasteiger partial charge in [0.05, 0.1) is 7.11 Å². The molecule has 0 aliphatic rings. The summed E-state index contributed by atoms with van der Waals surface area (Å²) in [4.78, 5) is 12.0. The van der Waals surface area contributed by atoms with Crippen LogP contribution in [0.2, 0.25) is 5.02 Å². The fourth-order valence-corrected chi connectivity index (χ4v) is 2.21. The van der Waals surface area contributed by atoms with Crippen LogP contribution in [0.4, 0.5) is 4.39 Å². The van der Waals surface area contributed by atoms with Crippen LogP contribution in [-0.2, 0) is 17.6 Å². The maximum atomic E-state index is 13.6. The predicted molar refractivity (Wildman–Crippen MR) is 76.8 cm³/mol. The van der Waals surface area contributed by atoms with Gasteiger partial charge in [0.25, 0.3) is 0 Å². The molecule has 0 aliphatic heterocycles. The van der Waals surface area contributed by atoms with Gasteiger partial charge in [-0.05, 0) is 29.8 Å². The summed E-state index contributed by atoms with van der Waals surface area (Å²) in [7, 11) is 1.56. The highest BCUT2D eigenvalue weighted by atomic mass is 35.5. The van der Waals surface area contributed by atoms with Gasteiger partial charge in [0, 0.05) is 23.4 Å². The van der Waals surface area contributed by atoms with Gasteiger partial charge in [-0.25, -0.2) is 4.39 Å². The largest absolute Gasteiger partial charge is 0.496 e. The van der Waals surface area contributed by atoms with Crippen molar-refractivity contribution in [2.45, 2.75) is 12.8 Å². The number of methoxy groups -OCH3 is 1. The van der Waals surface area contributed by atoms with Gasteiger partial charge >= 0.3 is 0 Å². The van der Waals surface area contributed by atoms with E-state index in [1.807, 2.05) is 18.2 Å². The molecule has 0 aromatic heterocycles. The van der Waals surface area contributed by atoms with Crippen LogP contribution in [0.5, 0.6) is 5.75 Å². The predicted octanol–water partition coefficient (Wildman–Crippen LogP) is 3.84. The Balaban J connectivity index is 2.11. The fourth-order valence-electron chi connectivity index (χ4n) is 2.02. The average Bonchev–Trinajstić information content (AvgIpc) is 2.43. The minimum Gasteiger partial charge on any atom is -0.496 e. The van der Waals surface area contributed by atoms with Crippen LogP contribution in [-0.4, -0.2) is 12.9 Å². The summed E-state index contributed by atoms with van der Waals surface area (Å²) < 4.78 is 18.8. The molecular formula is C16H14ClFO2. The Morgan fingerprint density at radius 2 is 1.85 bits per heavy atom. The third-order valence-corrected chi connectivity index (χ3v) is 3.21. The van der Waals surface area contributed by atoms with E-state index in [1.165, 1.54) is 18.2 Å². The molecule has 0 N–H and O–H groups in total. The Labute approximate surface area is 122 Å². The molecule has 2 aromatic rings. The number of ketones is 1. The zero-order chi connectivity index (χ0) is 14.5. The van der Waals surface area contributed by atoms with E-state index in [9.17, 15) is 9.18 Å². The molecule has 2 nitrogen and oxygen atoms in total. The van der Waals surface area contributed by atoms with Gasteiger partial charge in [-0.2, -0.15) is 0 Å². The quantitative estimate of drug-likeness (QED) is 0.837. The van der Waals surface area contributed by atoms with Crippen molar-refractivity contribution in [3.8, 4) is 5.75 Å². The van der Waals surface area contributed by atoms with Crippen LogP contribution in [0, 0.1) is 5.82 Å². The molecule has 4 heteroatoms. The first kappa shape index (κ1) is 14.5. The highest BCUT2D eigenvalue weighted by molar-refractivity contribution is 6.30. The number of para-hydroxylation sites is 1. The standard InChI is InChI=1S/C16H14ClFO2/c1-20-16-5-3-2-4-11(16)9-14(19)10-12-8-13(17)6-7-15(12)18/h2-8H,9-10H2,1H3. The molecule has 0 heterocycles. The zero-order valence-electron chi connectivity index (χ0n) is 11.0. The number of hydrogen-bond acceptors (Lipinski definition) is 2. The molecule has 0 amide bonds. The highest BCUT2D eigenvalue weighted by Crippen LogP contribution is 2.20. The topological polar surface area (TPSA) is 26.3 Å². The van der Waals surface area contributed by atoms with E-state index in [0.29, 0.717) is 16.3 Å². The molecule has 0 atom stereocenters. The summed E-state index contributed by atoms with van der Waals surface area (Å²) in [6.07, 6.45) is 0.223. The summed E-state index contributed by atoms with van der Waals surface area (Å²) in [5, 5.41) is 0.423. The average molecular weight is 293 g/mol. The van der Waals surface area contributed by atoms with Crippen LogP contribution >= 0.6 is 11.6 Å². The molecule has 0 saturated heterocycles. The lowest BCUT2D eigenvalue weighted by molar-refractivity contribution is -0.117. The molecule has 104 valence electrons. The van der Waals surface area contributed by atoms with Crippen molar-refractivity contribution in [3.05, 3.63) is 64.4 Å². The molecule has 20 heavy (non-hydrogen) atoms. The van der Waals surface area contributed by atoms with E-state index in [0.717, 1.165) is 5.56 Å². The van der Waals surface area contributed by atoms with Gasteiger partial charge in [-0.3, -0.25) is 4.79 Å². The summed E-state index contributed by atoms with van der Waals surface area (Å²) in [5.74, 6) is 0.158. The van der Waals surface area contributed by atoms with Gasteiger partial charge in [0.15, 0.2) is 0 Å². The Kier molecular flexibility index (Phi) is 4.74. The van der Waals surface area contributed by atoms with Crippen molar-refractivity contribution in [1.29, 1.82) is 0 Å². The molecule has 0 bridgehead atoms. The minimum absolute atomic E-state index is 0.0183. The van der Waals surface area contributed by atoms with E-state index in [1.54, 1.807) is 13.2 Å². The van der Waals surface area contributed by atoms with Gasteiger partial charge in [0.2, 0.25) is 0 Å². The molecule has 0 saturated carbocycles. The molecule has 0 fully saturated rings. The Hall–Kier alpha value is -1.87. The Bertz CT molecular complexity index is 626. The van der Waals surface area contributed by atoms with Crippen LogP contribution in [0.3, 0.4) is 0 Å². The summed E-state index contributed by atoms with van der Waals surface area (Å²) in [6, 6.07) is 11.5. The second kappa shape index (κ2) is 6.53. The van der Waals surface area contributed by atoms with Crippen molar-refractivity contribution in [2.24, 2.45) is 0 Å². The van der Waals surface area contributed by atoms with Crippen molar-refractivity contribution in [2.75, 3.05) is 7.11 Å². The van der Waals surface area contributed by atoms with Crippen molar-refractivity contribution < 1.29 is 13.9 Å². The van der Waals surface area contributed by atoms with Crippen molar-refractivity contribution >= 4 is 17.4 Å². The lowest BCUT2D eigenvalue weighted by atomic mass is 10.0. The lowest BCUT2D eigenvalue weighted by Gasteiger charge is -2.08. The molecule has 0 unspecified atom stereocenters. The van der Waals surface area contributed by atoms with E-state index >= 15 is 0 Å². The second-order valence-electron chi connectivity index (χ2n) is 4.44. The van der Waals surface area contributed by atoms with Crippen molar-refractivity contribution in [3.63, 3.8) is 0 Å². The van der Waals surface area contributed by atoms with Gasteiger partial charge < -0.3 is 4.74 Å². The monoisotopic (exact) mass is 292 g/mol. The second-order valence-corrected chi connectivity index (χ2v) is 4.88. The van der Waals surface area contributed by atoms with Gasteiger partial charge in [0.1, 0.15) is 17.3 Å². The van der Waals surface area contributed by atoms with Crippen LogP contribution < -0.4 is 4.74 Å². The first-order valence-corrected chi connectivity index (χ1v) is 6.55. The zero-order valence-corrected chi connectivity index (χ0v) is 11.8. The molecule has 0 aliphatic carbocycles. The van der Waals surface area contributed by atoms with Crippen LogP contribution in [0.1, 0.15) is 11.1 Å². The number of rotatable bonds is 5. The molecule has 0 radical (unpaired) electrons. The first-order valence-electron chi connectivity index (χ1n) is 6.17. The number of carbonyl (C=O) groups excluding carboxylic acids is 1. The van der Waals surface area contributed by atoms with E-state index in [4.69, 9.17) is 16.3 Å². The summed E-state index contributed by atoms with van der Waals surface area (Å²) in [6.45, 7) is 0. The number of halogens is 2. The number of carbonyl (C=O) groups is 1. The smallest absolute Gasteiger partial charge is 0.141 e. The SMILES string of the molecule is COc1ccccc1CC(=O)Cc1cc(Cl)ccc1F. The molecular weight excluding hydrogens is 279 g/mol. The first-order chi connectivity index (χ1) is 9.60.